The first kappa shape index (κ1) is 14.5. The smallest absolute Gasteiger partial charge is 0.248 e. The van der Waals surface area contributed by atoms with E-state index in [2.05, 4.69) is 5.32 Å². The molecule has 21 heavy (non-hydrogen) atoms. The van der Waals surface area contributed by atoms with E-state index in [9.17, 15) is 9.18 Å². The normalized spacial score (nSPS) is 31.9. The van der Waals surface area contributed by atoms with Gasteiger partial charge >= 0.3 is 0 Å². The molecule has 1 aromatic rings. The zero-order chi connectivity index (χ0) is 15.0. The second-order valence-corrected chi connectivity index (χ2v) is 6.07. The number of hydrogen-bond acceptors (Lipinski definition) is 3. The molecular formula is C16H21FN2O2. The van der Waals surface area contributed by atoms with Crippen molar-refractivity contribution >= 4 is 5.91 Å². The van der Waals surface area contributed by atoms with Crippen LogP contribution in [0.15, 0.2) is 18.2 Å². The highest BCUT2D eigenvalue weighted by atomic mass is 19.1. The van der Waals surface area contributed by atoms with E-state index < -0.39 is 17.3 Å². The number of nitrogens with two attached hydrogens (primary N) is 1. The maximum absolute atomic E-state index is 13.9. The number of amides is 1. The van der Waals surface area contributed by atoms with Gasteiger partial charge in [0, 0.05) is 37.6 Å². The van der Waals surface area contributed by atoms with Crippen LogP contribution >= 0.6 is 0 Å². The summed E-state index contributed by atoms with van der Waals surface area (Å²) in [4.78, 5) is 11.4. The molecule has 0 spiro atoms. The molecule has 1 saturated heterocycles. The molecule has 4 nitrogen and oxygen atoms in total. The molecule has 2 aliphatic rings. The standard InChI is InChI=1S/C16H21FN2O2/c1-21-16(11-3-2-4-12(16)9-19-8-11)13-5-10(15(18)20)6-14(17)7-13/h5-7,11-12,19H,2-4,8-9H2,1H3,(H2,18,20). The summed E-state index contributed by atoms with van der Waals surface area (Å²) in [7, 11) is 1.69. The first-order valence-corrected chi connectivity index (χ1v) is 7.44. The maximum atomic E-state index is 13.9. The van der Waals surface area contributed by atoms with Crippen molar-refractivity contribution in [2.75, 3.05) is 20.2 Å². The minimum Gasteiger partial charge on any atom is -0.373 e. The van der Waals surface area contributed by atoms with Crippen molar-refractivity contribution in [1.29, 1.82) is 0 Å². The summed E-state index contributed by atoms with van der Waals surface area (Å²) in [6, 6.07) is 4.38. The maximum Gasteiger partial charge on any atom is 0.248 e. The third-order valence-electron chi connectivity index (χ3n) is 5.07. The van der Waals surface area contributed by atoms with Gasteiger partial charge in [-0.25, -0.2) is 4.39 Å². The Hall–Kier alpha value is -1.46. The lowest BCUT2D eigenvalue weighted by atomic mass is 9.62. The van der Waals surface area contributed by atoms with Gasteiger partial charge < -0.3 is 15.8 Å². The van der Waals surface area contributed by atoms with Crippen LogP contribution in [0.2, 0.25) is 0 Å². The van der Waals surface area contributed by atoms with Crippen LogP contribution in [0.25, 0.3) is 0 Å². The number of benzene rings is 1. The Labute approximate surface area is 123 Å². The van der Waals surface area contributed by atoms with Gasteiger partial charge in [-0.05, 0) is 36.6 Å². The summed E-state index contributed by atoms with van der Waals surface area (Å²) in [5, 5.41) is 3.43. The lowest BCUT2D eigenvalue weighted by Crippen LogP contribution is -2.57. The van der Waals surface area contributed by atoms with E-state index in [1.165, 1.54) is 18.6 Å². The van der Waals surface area contributed by atoms with Gasteiger partial charge in [-0.2, -0.15) is 0 Å². The van der Waals surface area contributed by atoms with E-state index in [4.69, 9.17) is 10.5 Å². The molecule has 114 valence electrons. The molecule has 1 aliphatic heterocycles. The first-order chi connectivity index (χ1) is 10.1. The zero-order valence-electron chi connectivity index (χ0n) is 12.2. The van der Waals surface area contributed by atoms with E-state index in [0.29, 0.717) is 0 Å². The number of halogens is 1. The van der Waals surface area contributed by atoms with Gasteiger partial charge in [0.1, 0.15) is 11.4 Å². The molecule has 0 radical (unpaired) electrons. The molecule has 1 saturated carbocycles. The molecule has 2 fully saturated rings. The monoisotopic (exact) mass is 292 g/mol. The Morgan fingerprint density at radius 1 is 1.33 bits per heavy atom. The molecule has 2 bridgehead atoms. The summed E-state index contributed by atoms with van der Waals surface area (Å²) in [6.07, 6.45) is 3.25. The number of piperidine rings is 1. The zero-order valence-corrected chi connectivity index (χ0v) is 12.2. The van der Waals surface area contributed by atoms with Crippen LogP contribution in [-0.2, 0) is 10.3 Å². The summed E-state index contributed by atoms with van der Waals surface area (Å²) in [5.41, 5.74) is 5.76. The third-order valence-corrected chi connectivity index (χ3v) is 5.07. The highest BCUT2D eigenvalue weighted by Crippen LogP contribution is 2.49. The van der Waals surface area contributed by atoms with E-state index in [1.807, 2.05) is 0 Å². The van der Waals surface area contributed by atoms with E-state index >= 15 is 0 Å². The lowest BCUT2D eigenvalue weighted by Gasteiger charge is -2.52. The van der Waals surface area contributed by atoms with Gasteiger partial charge in [-0.15, -0.1) is 0 Å². The van der Waals surface area contributed by atoms with Crippen molar-refractivity contribution in [3.8, 4) is 0 Å². The Morgan fingerprint density at radius 2 is 2.00 bits per heavy atom. The van der Waals surface area contributed by atoms with Gasteiger partial charge in [-0.1, -0.05) is 6.42 Å². The fraction of sp³-hybridized carbons (Fsp3) is 0.562. The van der Waals surface area contributed by atoms with Crippen molar-refractivity contribution in [1.82, 2.24) is 5.32 Å². The topological polar surface area (TPSA) is 64.3 Å². The summed E-state index contributed by atoms with van der Waals surface area (Å²) >= 11 is 0. The van der Waals surface area contributed by atoms with Crippen molar-refractivity contribution < 1.29 is 13.9 Å². The fourth-order valence-electron chi connectivity index (χ4n) is 4.19. The average molecular weight is 292 g/mol. The first-order valence-electron chi connectivity index (χ1n) is 7.44. The molecular weight excluding hydrogens is 271 g/mol. The van der Waals surface area contributed by atoms with E-state index in [1.54, 1.807) is 13.2 Å². The van der Waals surface area contributed by atoms with Crippen molar-refractivity contribution in [3.05, 3.63) is 35.1 Å². The molecule has 1 aliphatic carbocycles. The minimum atomic E-state index is -0.610. The highest BCUT2D eigenvalue weighted by molar-refractivity contribution is 5.93. The number of rotatable bonds is 3. The number of fused-ring (bicyclic) bond motifs is 2. The summed E-state index contributed by atoms with van der Waals surface area (Å²) < 4.78 is 19.9. The number of methoxy groups -OCH3 is 1. The van der Waals surface area contributed by atoms with Crippen LogP contribution in [0.5, 0.6) is 0 Å². The van der Waals surface area contributed by atoms with Crippen LogP contribution in [0, 0.1) is 17.7 Å². The van der Waals surface area contributed by atoms with Gasteiger partial charge in [0.2, 0.25) is 5.91 Å². The number of ether oxygens (including phenoxy) is 1. The van der Waals surface area contributed by atoms with Crippen LogP contribution in [-0.4, -0.2) is 26.1 Å². The number of carbonyl (C=O) groups is 1. The quantitative estimate of drug-likeness (QED) is 0.892. The van der Waals surface area contributed by atoms with Crippen LogP contribution in [0.3, 0.4) is 0 Å². The third kappa shape index (κ3) is 2.24. The molecule has 5 heteroatoms. The fourth-order valence-corrected chi connectivity index (χ4v) is 4.19. The van der Waals surface area contributed by atoms with Crippen LogP contribution in [0.1, 0.15) is 35.2 Å². The van der Waals surface area contributed by atoms with Gasteiger partial charge in [0.05, 0.1) is 0 Å². The summed E-state index contributed by atoms with van der Waals surface area (Å²) in [6.45, 7) is 1.71. The Kier molecular flexibility index (Phi) is 3.71. The molecule has 3 rings (SSSR count). The van der Waals surface area contributed by atoms with Crippen molar-refractivity contribution in [3.63, 3.8) is 0 Å². The number of nitrogens with one attached hydrogen (secondary N) is 1. The molecule has 1 aromatic carbocycles. The Morgan fingerprint density at radius 3 is 2.57 bits per heavy atom. The van der Waals surface area contributed by atoms with Gasteiger partial charge in [-0.3, -0.25) is 4.79 Å². The lowest BCUT2D eigenvalue weighted by molar-refractivity contribution is -0.144. The molecule has 0 aromatic heterocycles. The highest BCUT2D eigenvalue weighted by Gasteiger charge is 2.51. The number of primary amides is 1. The van der Waals surface area contributed by atoms with Crippen molar-refractivity contribution in [2.24, 2.45) is 17.6 Å². The SMILES string of the molecule is COC1(c2cc(F)cc(C(N)=O)c2)C2CCCC1CNC2. The molecule has 2 unspecified atom stereocenters. The second kappa shape index (κ2) is 5.39. The largest absolute Gasteiger partial charge is 0.373 e. The number of carbonyl (C=O) groups excluding carboxylic acids is 1. The Bertz CT molecular complexity index is 539. The predicted octanol–water partition coefficient (Wildman–Crippen LogP) is 1.79. The Balaban J connectivity index is 2.13. The van der Waals surface area contributed by atoms with E-state index in [-0.39, 0.29) is 17.4 Å². The predicted molar refractivity (Wildman–Crippen MR) is 77.3 cm³/mol. The van der Waals surface area contributed by atoms with Crippen LogP contribution < -0.4 is 11.1 Å². The van der Waals surface area contributed by atoms with Gasteiger partial charge in [0.25, 0.3) is 0 Å². The molecule has 1 heterocycles. The van der Waals surface area contributed by atoms with Crippen molar-refractivity contribution in [2.45, 2.75) is 24.9 Å². The van der Waals surface area contributed by atoms with Gasteiger partial charge in [0.15, 0.2) is 0 Å². The molecule has 3 N–H and O–H groups in total. The molecule has 2 atom stereocenters. The average Bonchev–Trinajstić information content (AvgIpc) is 2.45. The van der Waals surface area contributed by atoms with E-state index in [0.717, 1.165) is 31.5 Å². The summed E-state index contributed by atoms with van der Waals surface area (Å²) in [5.74, 6) is -0.467. The number of hydrogen-bond donors (Lipinski definition) is 2. The second-order valence-electron chi connectivity index (χ2n) is 6.07. The molecule has 1 amide bonds. The minimum absolute atomic E-state index is 0.207. The van der Waals surface area contributed by atoms with Crippen LogP contribution in [0.4, 0.5) is 4.39 Å².